The summed E-state index contributed by atoms with van der Waals surface area (Å²) in [4.78, 5) is 0. The topological polar surface area (TPSA) is 92.3 Å². The van der Waals surface area contributed by atoms with Gasteiger partial charge in [-0.05, 0) is 26.3 Å². The van der Waals surface area contributed by atoms with Crippen molar-refractivity contribution in [3.63, 3.8) is 0 Å². The van der Waals surface area contributed by atoms with Crippen LogP contribution in [-0.2, 0) is 19.9 Å². The SMILES string of the molecule is CC1(CNS(=O)(=O)CS(C)(=O)=O)CCCN1. The molecule has 0 aliphatic carbocycles. The molecule has 1 fully saturated rings. The minimum atomic E-state index is -3.74. The molecule has 0 aromatic heterocycles. The number of hydrogen-bond donors (Lipinski definition) is 2. The summed E-state index contributed by atoms with van der Waals surface area (Å²) in [7, 11) is -7.26. The van der Waals surface area contributed by atoms with E-state index in [2.05, 4.69) is 10.0 Å². The van der Waals surface area contributed by atoms with Crippen LogP contribution < -0.4 is 10.0 Å². The van der Waals surface area contributed by atoms with E-state index < -0.39 is 24.9 Å². The van der Waals surface area contributed by atoms with Crippen molar-refractivity contribution in [2.75, 3.05) is 24.4 Å². The van der Waals surface area contributed by atoms with Gasteiger partial charge in [-0.1, -0.05) is 0 Å². The Hall–Kier alpha value is -0.180. The first-order chi connectivity index (χ1) is 7.12. The molecule has 1 atom stereocenters. The minimum Gasteiger partial charge on any atom is -0.310 e. The Morgan fingerprint density at radius 2 is 1.94 bits per heavy atom. The summed E-state index contributed by atoms with van der Waals surface area (Å²) < 4.78 is 47.0. The lowest BCUT2D eigenvalue weighted by Crippen LogP contribution is -2.48. The van der Waals surface area contributed by atoms with Crippen LogP contribution in [0.4, 0.5) is 0 Å². The van der Waals surface area contributed by atoms with Crippen molar-refractivity contribution in [1.29, 1.82) is 0 Å². The molecule has 8 heteroatoms. The molecule has 0 spiro atoms. The van der Waals surface area contributed by atoms with Crippen molar-refractivity contribution < 1.29 is 16.8 Å². The van der Waals surface area contributed by atoms with Crippen LogP contribution in [0.2, 0.25) is 0 Å². The van der Waals surface area contributed by atoms with E-state index in [0.29, 0.717) is 0 Å². The Bertz CT molecular complexity index is 435. The Kier molecular flexibility index (Phi) is 3.99. The maximum Gasteiger partial charge on any atom is 0.226 e. The highest BCUT2D eigenvalue weighted by atomic mass is 32.3. The van der Waals surface area contributed by atoms with E-state index in [1.165, 1.54) is 0 Å². The van der Waals surface area contributed by atoms with Crippen LogP contribution in [0.5, 0.6) is 0 Å². The number of hydrogen-bond acceptors (Lipinski definition) is 5. The van der Waals surface area contributed by atoms with Gasteiger partial charge in [0.15, 0.2) is 14.9 Å². The fourth-order valence-corrected chi connectivity index (χ4v) is 4.83. The van der Waals surface area contributed by atoms with Crippen molar-refractivity contribution in [2.24, 2.45) is 0 Å². The second kappa shape index (κ2) is 4.59. The smallest absolute Gasteiger partial charge is 0.226 e. The summed E-state index contributed by atoms with van der Waals surface area (Å²) in [6.07, 6.45) is 2.79. The van der Waals surface area contributed by atoms with Gasteiger partial charge in [-0.2, -0.15) is 0 Å². The third-order valence-corrected chi connectivity index (χ3v) is 6.05. The summed E-state index contributed by atoms with van der Waals surface area (Å²) in [6, 6.07) is 0. The number of sulfonamides is 1. The van der Waals surface area contributed by atoms with Gasteiger partial charge >= 0.3 is 0 Å². The van der Waals surface area contributed by atoms with Crippen molar-refractivity contribution in [3.05, 3.63) is 0 Å². The lowest BCUT2D eigenvalue weighted by atomic mass is 10.0. The predicted octanol–water partition coefficient (Wildman–Crippen LogP) is -0.950. The molecule has 0 radical (unpaired) electrons. The third-order valence-electron chi connectivity index (χ3n) is 2.51. The average molecular weight is 270 g/mol. The Balaban J connectivity index is 2.54. The van der Waals surface area contributed by atoms with Crippen molar-refractivity contribution in [3.8, 4) is 0 Å². The van der Waals surface area contributed by atoms with Gasteiger partial charge in [0.2, 0.25) is 10.0 Å². The zero-order valence-corrected chi connectivity index (χ0v) is 11.1. The Morgan fingerprint density at radius 1 is 1.31 bits per heavy atom. The van der Waals surface area contributed by atoms with Crippen LogP contribution in [0.15, 0.2) is 0 Å². The van der Waals surface area contributed by atoms with Crippen molar-refractivity contribution >= 4 is 19.9 Å². The highest BCUT2D eigenvalue weighted by Crippen LogP contribution is 2.17. The molecule has 0 amide bonds. The quantitative estimate of drug-likeness (QED) is 0.672. The zero-order valence-electron chi connectivity index (χ0n) is 9.49. The monoisotopic (exact) mass is 270 g/mol. The van der Waals surface area contributed by atoms with Gasteiger partial charge in [0, 0.05) is 18.3 Å². The van der Waals surface area contributed by atoms with Crippen LogP contribution in [0.1, 0.15) is 19.8 Å². The molecule has 1 aliphatic heterocycles. The molecule has 0 bridgehead atoms. The molecule has 16 heavy (non-hydrogen) atoms. The molecule has 2 N–H and O–H groups in total. The van der Waals surface area contributed by atoms with E-state index >= 15 is 0 Å². The van der Waals surface area contributed by atoms with E-state index in [0.717, 1.165) is 25.6 Å². The van der Waals surface area contributed by atoms with Crippen LogP contribution >= 0.6 is 0 Å². The standard InChI is InChI=1S/C8H18N2O4S2/c1-8(4-3-5-9-8)6-10-16(13,14)7-15(2,11)12/h9-10H,3-7H2,1-2H3. The van der Waals surface area contributed by atoms with Gasteiger partial charge in [0.25, 0.3) is 0 Å². The Labute approximate surface area is 96.8 Å². The second-order valence-electron chi connectivity index (χ2n) is 4.57. The summed E-state index contributed by atoms with van der Waals surface area (Å²) in [5.74, 6) is 0. The first kappa shape index (κ1) is 13.9. The fourth-order valence-electron chi connectivity index (χ4n) is 1.70. The van der Waals surface area contributed by atoms with Crippen LogP contribution in [0, 0.1) is 0 Å². The molecule has 0 saturated carbocycles. The lowest BCUT2D eigenvalue weighted by molar-refractivity contribution is 0.410. The van der Waals surface area contributed by atoms with Gasteiger partial charge in [0.1, 0.15) is 0 Å². The molecule has 96 valence electrons. The predicted molar refractivity (Wildman–Crippen MR) is 62.3 cm³/mol. The van der Waals surface area contributed by atoms with Crippen LogP contribution in [0.3, 0.4) is 0 Å². The molecule has 1 heterocycles. The van der Waals surface area contributed by atoms with Gasteiger partial charge in [-0.15, -0.1) is 0 Å². The lowest BCUT2D eigenvalue weighted by Gasteiger charge is -2.24. The van der Waals surface area contributed by atoms with Crippen LogP contribution in [-0.4, -0.2) is 46.8 Å². The second-order valence-corrected chi connectivity index (χ2v) is 8.88. The summed E-state index contributed by atoms with van der Waals surface area (Å²) >= 11 is 0. The maximum atomic E-state index is 11.4. The molecule has 1 rings (SSSR count). The van der Waals surface area contributed by atoms with Crippen molar-refractivity contribution in [1.82, 2.24) is 10.0 Å². The molecule has 1 unspecified atom stereocenters. The van der Waals surface area contributed by atoms with E-state index in [9.17, 15) is 16.8 Å². The summed E-state index contributed by atoms with van der Waals surface area (Å²) in [6.45, 7) is 3.01. The summed E-state index contributed by atoms with van der Waals surface area (Å²) in [5.41, 5.74) is -0.259. The molecule has 1 aliphatic rings. The maximum absolute atomic E-state index is 11.4. The van der Waals surface area contributed by atoms with Gasteiger partial charge in [-0.3, -0.25) is 0 Å². The highest BCUT2D eigenvalue weighted by molar-refractivity contribution is 8.06. The van der Waals surface area contributed by atoms with E-state index in [1.54, 1.807) is 0 Å². The molecule has 6 nitrogen and oxygen atoms in total. The molecular weight excluding hydrogens is 252 g/mol. The minimum absolute atomic E-state index is 0.227. The highest BCUT2D eigenvalue weighted by Gasteiger charge is 2.30. The molecule has 0 aromatic rings. The molecule has 1 saturated heterocycles. The van der Waals surface area contributed by atoms with Gasteiger partial charge < -0.3 is 5.32 Å². The number of nitrogens with one attached hydrogen (secondary N) is 2. The van der Waals surface area contributed by atoms with E-state index in [-0.39, 0.29) is 12.1 Å². The summed E-state index contributed by atoms with van der Waals surface area (Å²) in [5, 5.41) is 2.34. The van der Waals surface area contributed by atoms with Crippen molar-refractivity contribution in [2.45, 2.75) is 25.3 Å². The average Bonchev–Trinajstić information content (AvgIpc) is 2.46. The van der Waals surface area contributed by atoms with Gasteiger partial charge in [0.05, 0.1) is 0 Å². The van der Waals surface area contributed by atoms with Crippen LogP contribution in [0.25, 0.3) is 0 Å². The molecule has 0 aromatic carbocycles. The number of sulfone groups is 1. The first-order valence-corrected chi connectivity index (χ1v) is 8.73. The zero-order chi connectivity index (χ0) is 12.4. The van der Waals surface area contributed by atoms with E-state index in [4.69, 9.17) is 0 Å². The third kappa shape index (κ3) is 4.77. The first-order valence-electron chi connectivity index (χ1n) is 5.02. The Morgan fingerprint density at radius 3 is 2.38 bits per heavy atom. The van der Waals surface area contributed by atoms with E-state index in [1.807, 2.05) is 6.92 Å². The fraction of sp³-hybridized carbons (Fsp3) is 1.00. The normalized spacial score (nSPS) is 27.1. The largest absolute Gasteiger partial charge is 0.310 e. The van der Waals surface area contributed by atoms with Gasteiger partial charge in [-0.25, -0.2) is 21.6 Å². The number of rotatable bonds is 5. The molecular formula is C8H18N2O4S2.